The number of hydrogen-bond donors (Lipinski definition) is 2. The summed E-state index contributed by atoms with van der Waals surface area (Å²) in [5.41, 5.74) is 8.39. The third kappa shape index (κ3) is 4.91. The topological polar surface area (TPSA) is 114 Å². The molecular formula is C27H25FN6O3. The molecule has 9 nitrogen and oxygen atoms in total. The Hall–Kier alpha value is -4.57. The van der Waals surface area contributed by atoms with Crippen LogP contribution in [0.4, 0.5) is 14.9 Å². The lowest BCUT2D eigenvalue weighted by molar-refractivity contribution is -0.131. The Bertz CT molecular complexity index is 1470. The third-order valence-electron chi connectivity index (χ3n) is 6.29. The van der Waals surface area contributed by atoms with Crippen LogP contribution in [-0.2, 0) is 16.0 Å². The maximum Gasteiger partial charge on any atom is 0.325 e. The number of imide groups is 1. The van der Waals surface area contributed by atoms with Gasteiger partial charge in [-0.05, 0) is 36.2 Å². The lowest BCUT2D eigenvalue weighted by Gasteiger charge is -2.19. The van der Waals surface area contributed by atoms with Crippen LogP contribution in [0.5, 0.6) is 0 Å². The van der Waals surface area contributed by atoms with Crippen LogP contribution >= 0.6 is 0 Å². The minimum absolute atomic E-state index is 0.274. The van der Waals surface area contributed by atoms with Gasteiger partial charge in [0, 0.05) is 18.5 Å². The van der Waals surface area contributed by atoms with Crippen molar-refractivity contribution >= 4 is 34.4 Å². The van der Waals surface area contributed by atoms with Crippen LogP contribution in [0.15, 0.2) is 79.0 Å². The molecule has 3 N–H and O–H groups in total. The number of nitrogens with one attached hydrogen (secondary N) is 1. The fraction of sp³-hybridized carbons (Fsp3) is 0.185. The second-order valence-electron chi connectivity index (χ2n) is 8.78. The second kappa shape index (κ2) is 10.2. The molecular weight excluding hydrogens is 475 g/mol. The van der Waals surface area contributed by atoms with E-state index in [0.29, 0.717) is 41.8 Å². The molecule has 37 heavy (non-hydrogen) atoms. The maximum atomic E-state index is 14.4. The van der Waals surface area contributed by atoms with Crippen molar-refractivity contribution in [2.45, 2.75) is 12.5 Å². The molecule has 1 aromatic heterocycles. The number of carbonyl (C=O) groups excluding carboxylic acids is 3. The molecule has 4 amide bonds. The Morgan fingerprint density at radius 2 is 1.70 bits per heavy atom. The van der Waals surface area contributed by atoms with Crippen molar-refractivity contribution in [3.05, 3.63) is 90.4 Å². The lowest BCUT2D eigenvalue weighted by atomic mass is 10.1. The molecule has 0 radical (unpaired) electrons. The Balaban J connectivity index is 1.26. The number of carbonyl (C=O) groups is 3. The van der Waals surface area contributed by atoms with E-state index in [1.165, 1.54) is 15.6 Å². The predicted molar refractivity (Wildman–Crippen MR) is 137 cm³/mol. The highest BCUT2D eigenvalue weighted by atomic mass is 19.1. The first kappa shape index (κ1) is 24.1. The Morgan fingerprint density at radius 1 is 0.973 bits per heavy atom. The summed E-state index contributed by atoms with van der Waals surface area (Å²) in [5.74, 6) is -1.61. The first-order valence-electron chi connectivity index (χ1n) is 11.8. The van der Waals surface area contributed by atoms with Crippen LogP contribution in [0.2, 0.25) is 0 Å². The van der Waals surface area contributed by atoms with Gasteiger partial charge in [-0.2, -0.15) is 5.10 Å². The lowest BCUT2D eigenvalue weighted by Crippen LogP contribution is -2.48. The summed E-state index contributed by atoms with van der Waals surface area (Å²) < 4.78 is 15.9. The minimum Gasteiger partial charge on any atom is -0.320 e. The molecule has 0 unspecified atom stereocenters. The van der Waals surface area contributed by atoms with E-state index in [4.69, 9.17) is 5.73 Å². The molecule has 10 heteroatoms. The molecule has 1 atom stereocenters. The van der Waals surface area contributed by atoms with E-state index in [2.05, 4.69) is 10.4 Å². The van der Waals surface area contributed by atoms with Crippen LogP contribution < -0.4 is 16.0 Å². The number of nitrogens with zero attached hydrogens (tertiary/aromatic N) is 4. The van der Waals surface area contributed by atoms with Gasteiger partial charge in [0.25, 0.3) is 0 Å². The van der Waals surface area contributed by atoms with Crippen molar-refractivity contribution in [1.29, 1.82) is 0 Å². The van der Waals surface area contributed by atoms with Crippen LogP contribution in [0, 0.1) is 5.82 Å². The predicted octanol–water partition coefficient (Wildman–Crippen LogP) is 2.62. The average Bonchev–Trinajstić information content (AvgIpc) is 3.48. The molecule has 1 fully saturated rings. The van der Waals surface area contributed by atoms with Crippen LogP contribution in [0.1, 0.15) is 5.56 Å². The fourth-order valence-corrected chi connectivity index (χ4v) is 4.44. The minimum atomic E-state index is -0.888. The number of nitrogens with two attached hydrogens (primary N) is 1. The van der Waals surface area contributed by atoms with E-state index in [-0.39, 0.29) is 12.6 Å². The molecule has 0 bridgehead atoms. The van der Waals surface area contributed by atoms with Crippen molar-refractivity contribution in [2.24, 2.45) is 5.73 Å². The third-order valence-corrected chi connectivity index (χ3v) is 6.29. The molecule has 1 aliphatic rings. The van der Waals surface area contributed by atoms with Crippen LogP contribution in [0.3, 0.4) is 0 Å². The number of halogens is 1. The SMILES string of the molecule is N[C@H](Cc1ccccc1)C(=O)NC(=O)CN1CCN(c2cccc3c2cnn3-c2ccccc2F)C1=O. The molecule has 188 valence electrons. The van der Waals surface area contributed by atoms with Gasteiger partial charge in [-0.3, -0.25) is 19.8 Å². The summed E-state index contributed by atoms with van der Waals surface area (Å²) in [6, 6.07) is 19.7. The molecule has 0 saturated carbocycles. The quantitative estimate of drug-likeness (QED) is 0.405. The summed E-state index contributed by atoms with van der Waals surface area (Å²) in [5, 5.41) is 7.31. The number of benzene rings is 3. The number of rotatable bonds is 7. The number of hydrogen-bond acceptors (Lipinski definition) is 5. The van der Waals surface area contributed by atoms with E-state index < -0.39 is 23.7 Å². The number of para-hydroxylation sites is 1. The van der Waals surface area contributed by atoms with E-state index >= 15 is 0 Å². The van der Waals surface area contributed by atoms with Gasteiger partial charge in [0.1, 0.15) is 18.0 Å². The highest BCUT2D eigenvalue weighted by Crippen LogP contribution is 2.31. The monoisotopic (exact) mass is 500 g/mol. The zero-order chi connectivity index (χ0) is 25.9. The maximum absolute atomic E-state index is 14.4. The normalized spacial score (nSPS) is 14.3. The molecule has 5 rings (SSSR count). The summed E-state index contributed by atoms with van der Waals surface area (Å²) in [4.78, 5) is 41.0. The first-order valence-corrected chi connectivity index (χ1v) is 11.8. The van der Waals surface area contributed by atoms with Crippen molar-refractivity contribution in [3.63, 3.8) is 0 Å². The zero-order valence-electron chi connectivity index (χ0n) is 19.9. The zero-order valence-corrected chi connectivity index (χ0v) is 19.9. The molecule has 0 spiro atoms. The number of amides is 4. The molecule has 2 heterocycles. The van der Waals surface area contributed by atoms with Crippen molar-refractivity contribution in [2.75, 3.05) is 24.5 Å². The Kier molecular flexibility index (Phi) is 6.65. The summed E-state index contributed by atoms with van der Waals surface area (Å²) in [6.45, 7) is 0.371. The first-order chi connectivity index (χ1) is 17.9. The molecule has 1 saturated heterocycles. The highest BCUT2D eigenvalue weighted by Gasteiger charge is 2.32. The van der Waals surface area contributed by atoms with Gasteiger partial charge < -0.3 is 10.6 Å². The summed E-state index contributed by atoms with van der Waals surface area (Å²) in [6.07, 6.45) is 1.88. The standard InChI is InChI=1S/C27H25FN6O3/c28-20-9-4-5-10-24(20)34-23-12-6-11-22(19(23)16-30-34)33-14-13-32(27(33)37)17-25(35)31-26(36)21(29)15-18-7-2-1-3-8-18/h1-12,16,21H,13-15,17,29H2,(H,31,35,36)/t21-/m1/s1. The molecule has 0 aliphatic carbocycles. The number of urea groups is 1. The molecule has 4 aromatic rings. The van der Waals surface area contributed by atoms with Crippen LogP contribution in [-0.4, -0.2) is 58.2 Å². The molecule has 3 aromatic carbocycles. The van der Waals surface area contributed by atoms with E-state index in [1.54, 1.807) is 47.5 Å². The summed E-state index contributed by atoms with van der Waals surface area (Å²) in [7, 11) is 0. The number of aromatic nitrogens is 2. The second-order valence-corrected chi connectivity index (χ2v) is 8.78. The van der Waals surface area contributed by atoms with Gasteiger partial charge in [-0.25, -0.2) is 13.9 Å². The van der Waals surface area contributed by atoms with Crippen molar-refractivity contribution in [3.8, 4) is 5.69 Å². The van der Waals surface area contributed by atoms with E-state index in [0.717, 1.165) is 5.56 Å². The number of anilines is 1. The smallest absolute Gasteiger partial charge is 0.320 e. The molecule has 1 aliphatic heterocycles. The van der Waals surface area contributed by atoms with Gasteiger partial charge in [-0.1, -0.05) is 48.5 Å². The fourth-order valence-electron chi connectivity index (χ4n) is 4.44. The van der Waals surface area contributed by atoms with Gasteiger partial charge in [0.15, 0.2) is 0 Å². The largest absolute Gasteiger partial charge is 0.325 e. The summed E-state index contributed by atoms with van der Waals surface area (Å²) >= 11 is 0. The Morgan fingerprint density at radius 3 is 2.49 bits per heavy atom. The van der Waals surface area contributed by atoms with E-state index in [9.17, 15) is 18.8 Å². The van der Waals surface area contributed by atoms with Gasteiger partial charge in [0.05, 0.1) is 23.4 Å². The van der Waals surface area contributed by atoms with E-state index in [1.807, 2.05) is 30.3 Å². The van der Waals surface area contributed by atoms with Crippen molar-refractivity contribution in [1.82, 2.24) is 20.0 Å². The Labute approximate surface area is 212 Å². The average molecular weight is 501 g/mol. The highest BCUT2D eigenvalue weighted by molar-refractivity contribution is 6.05. The van der Waals surface area contributed by atoms with Gasteiger partial charge in [-0.15, -0.1) is 0 Å². The number of fused-ring (bicyclic) bond motifs is 1. The van der Waals surface area contributed by atoms with Crippen LogP contribution in [0.25, 0.3) is 16.6 Å². The van der Waals surface area contributed by atoms with Gasteiger partial charge in [0.2, 0.25) is 11.8 Å². The van der Waals surface area contributed by atoms with Gasteiger partial charge >= 0.3 is 6.03 Å². The van der Waals surface area contributed by atoms with Crippen molar-refractivity contribution < 1.29 is 18.8 Å².